The van der Waals surface area contributed by atoms with E-state index in [1.54, 1.807) is 79.8 Å². The predicted molar refractivity (Wildman–Crippen MR) is 244 cm³/mol. The van der Waals surface area contributed by atoms with Crippen LogP contribution in [0.2, 0.25) is 5.02 Å². The smallest absolute Gasteiger partial charge is 0.242 e. The number of benzene rings is 4. The van der Waals surface area contributed by atoms with Crippen molar-refractivity contribution in [3.8, 4) is 27.8 Å². The van der Waals surface area contributed by atoms with Crippen LogP contribution in [0.4, 0.5) is 11.5 Å². The van der Waals surface area contributed by atoms with E-state index in [2.05, 4.69) is 0 Å². The van der Waals surface area contributed by atoms with Crippen molar-refractivity contribution in [3.05, 3.63) is 130 Å². The molecule has 0 radical (unpaired) electrons. The van der Waals surface area contributed by atoms with Crippen molar-refractivity contribution < 1.29 is 33.8 Å². The molecule has 6 atom stereocenters. The summed E-state index contributed by atoms with van der Waals surface area (Å²) in [4.78, 5) is 62.7. The highest BCUT2D eigenvalue weighted by molar-refractivity contribution is 7.22. The number of methoxy groups -OCH3 is 2. The summed E-state index contributed by atoms with van der Waals surface area (Å²) in [6, 6.07) is 27.1. The number of phenols is 1. The average Bonchev–Trinajstić information content (AvgIpc) is 3.96. The van der Waals surface area contributed by atoms with Gasteiger partial charge in [0.1, 0.15) is 28.8 Å². The van der Waals surface area contributed by atoms with Crippen molar-refractivity contribution >= 4 is 80.3 Å². The van der Waals surface area contributed by atoms with Crippen LogP contribution in [0.1, 0.15) is 47.9 Å². The molecule has 4 heterocycles. The zero-order valence-electron chi connectivity index (χ0n) is 35.2. The lowest BCUT2D eigenvalue weighted by molar-refractivity contribution is -0.131. The Morgan fingerprint density at radius 3 is 2.35 bits per heavy atom. The minimum atomic E-state index is -1.25. The molecule has 318 valence electrons. The zero-order valence-corrected chi connectivity index (χ0v) is 36.7. The zero-order chi connectivity index (χ0) is 44.1. The van der Waals surface area contributed by atoms with Gasteiger partial charge in [-0.05, 0) is 115 Å². The van der Waals surface area contributed by atoms with Gasteiger partial charge in [-0.2, -0.15) is 5.10 Å². The fraction of sp³-hybridized carbons (Fsp3) is 0.260. The Morgan fingerprint density at radius 1 is 0.857 bits per heavy atom. The molecule has 13 heteroatoms. The Labute approximate surface area is 372 Å². The first-order valence-electron chi connectivity index (χ1n) is 20.8. The Balaban J connectivity index is 0.984. The van der Waals surface area contributed by atoms with E-state index in [0.29, 0.717) is 40.1 Å². The molecule has 6 unspecified atom stereocenters. The number of nitrogens with zero attached hydrogens (tertiary/aromatic N) is 4. The molecule has 4 aliphatic rings. The third-order valence-electron chi connectivity index (χ3n) is 13.8. The molecule has 4 amide bonds. The molecule has 0 bridgehead atoms. The molecule has 6 aromatic rings. The first kappa shape index (κ1) is 40.6. The molecule has 11 nitrogen and oxygen atoms in total. The van der Waals surface area contributed by atoms with Crippen molar-refractivity contribution in [3.63, 3.8) is 0 Å². The second-order valence-electron chi connectivity index (χ2n) is 17.0. The summed E-state index contributed by atoms with van der Waals surface area (Å²) in [6.45, 7) is 3.86. The predicted octanol–water partition coefficient (Wildman–Crippen LogP) is 9.59. The van der Waals surface area contributed by atoms with E-state index in [0.717, 1.165) is 42.8 Å². The van der Waals surface area contributed by atoms with Gasteiger partial charge in [0, 0.05) is 34.3 Å². The lowest BCUT2D eigenvalue weighted by Gasteiger charge is -2.49. The number of amides is 4. The second-order valence-corrected chi connectivity index (χ2v) is 18.5. The molecule has 0 spiro atoms. The minimum Gasteiger partial charge on any atom is -0.508 e. The number of anilines is 2. The van der Waals surface area contributed by atoms with Crippen LogP contribution in [0.25, 0.3) is 32.8 Å². The van der Waals surface area contributed by atoms with Gasteiger partial charge in [0.15, 0.2) is 0 Å². The number of rotatable bonds is 8. The monoisotopic (exact) mass is 878 g/mol. The number of allylic oxidation sites excluding steroid dienone is 2. The van der Waals surface area contributed by atoms with E-state index in [-0.39, 0.29) is 35.8 Å². The highest BCUT2D eigenvalue weighted by atomic mass is 35.5. The highest BCUT2D eigenvalue weighted by Gasteiger charge is 2.68. The Morgan fingerprint density at radius 2 is 1.62 bits per heavy atom. The number of imide groups is 2. The SMILES string of the molecule is COc1ccc(OC)c(C=Cc2ccc(N3C(=O)C4CC=C5C(CC6C(=O)N(c7cc(-c8sc9ccc(Cl)cc9c8C)nn7C)C(=O)C6(C)C5c5ccc(O)cc5)C4C3=O)cc2)c1. The first-order chi connectivity index (χ1) is 30.3. The van der Waals surface area contributed by atoms with E-state index in [9.17, 15) is 19.5 Å². The minimum absolute atomic E-state index is 0.0657. The number of thiophene rings is 1. The van der Waals surface area contributed by atoms with Crippen molar-refractivity contribution in [2.24, 2.45) is 36.1 Å². The summed E-state index contributed by atoms with van der Waals surface area (Å²) < 4.78 is 13.5. The molecule has 63 heavy (non-hydrogen) atoms. The third kappa shape index (κ3) is 6.24. The van der Waals surface area contributed by atoms with Crippen LogP contribution >= 0.6 is 22.9 Å². The quantitative estimate of drug-likeness (QED) is 0.0909. The lowest BCUT2D eigenvalue weighted by Crippen LogP contribution is -2.48. The van der Waals surface area contributed by atoms with E-state index in [1.807, 2.05) is 80.6 Å². The summed E-state index contributed by atoms with van der Waals surface area (Å²) >= 11 is 7.91. The number of aromatic hydroxyl groups is 1. The van der Waals surface area contributed by atoms with E-state index >= 15 is 4.79 Å². The molecular weight excluding hydrogens is 836 g/mol. The molecule has 2 aliphatic carbocycles. The van der Waals surface area contributed by atoms with E-state index in [4.69, 9.17) is 26.2 Å². The van der Waals surface area contributed by atoms with Gasteiger partial charge < -0.3 is 14.6 Å². The number of hydrogen-bond donors (Lipinski definition) is 1. The normalized spacial score (nSPS) is 24.3. The maximum absolute atomic E-state index is 15.2. The van der Waals surface area contributed by atoms with Crippen LogP contribution in [0.3, 0.4) is 0 Å². The molecule has 2 aromatic heterocycles. The number of hydrogen-bond acceptors (Lipinski definition) is 9. The van der Waals surface area contributed by atoms with Gasteiger partial charge in [0.2, 0.25) is 23.6 Å². The number of carbonyl (C=O) groups is 4. The fourth-order valence-electron chi connectivity index (χ4n) is 10.6. The Hall–Kier alpha value is -6.50. The molecule has 1 N–H and O–H groups in total. The summed E-state index contributed by atoms with van der Waals surface area (Å²) in [7, 11) is 4.94. The number of phenolic OH excluding ortho intramolecular Hbond substituents is 1. The largest absolute Gasteiger partial charge is 0.508 e. The van der Waals surface area contributed by atoms with Crippen LogP contribution in [0.5, 0.6) is 17.2 Å². The second kappa shape index (κ2) is 15.1. The maximum atomic E-state index is 15.2. The molecule has 2 saturated heterocycles. The van der Waals surface area contributed by atoms with Gasteiger partial charge in [-0.3, -0.25) is 28.8 Å². The maximum Gasteiger partial charge on any atom is 0.242 e. The van der Waals surface area contributed by atoms with Crippen LogP contribution in [0, 0.1) is 36.0 Å². The van der Waals surface area contributed by atoms with Crippen LogP contribution in [0.15, 0.2) is 103 Å². The number of aromatic nitrogens is 2. The molecule has 4 aromatic carbocycles. The lowest BCUT2D eigenvalue weighted by atomic mass is 9.51. The van der Waals surface area contributed by atoms with Crippen LogP contribution < -0.4 is 19.3 Å². The van der Waals surface area contributed by atoms with Crippen molar-refractivity contribution in [2.75, 3.05) is 24.0 Å². The van der Waals surface area contributed by atoms with E-state index < -0.39 is 35.0 Å². The fourth-order valence-corrected chi connectivity index (χ4v) is 12.0. The number of aryl methyl sites for hydroxylation is 2. The molecule has 10 rings (SSSR count). The van der Waals surface area contributed by atoms with Crippen molar-refractivity contribution in [1.82, 2.24) is 9.78 Å². The van der Waals surface area contributed by atoms with Gasteiger partial charge in [0.25, 0.3) is 0 Å². The van der Waals surface area contributed by atoms with Crippen molar-refractivity contribution in [1.29, 1.82) is 0 Å². The van der Waals surface area contributed by atoms with Gasteiger partial charge >= 0.3 is 0 Å². The van der Waals surface area contributed by atoms with Gasteiger partial charge in [0.05, 0.1) is 48.0 Å². The van der Waals surface area contributed by atoms with Gasteiger partial charge in [-0.15, -0.1) is 11.3 Å². The Kier molecular flexibility index (Phi) is 9.72. The topological polar surface area (TPSA) is 131 Å². The molecule has 3 fully saturated rings. The van der Waals surface area contributed by atoms with E-state index in [1.165, 1.54) is 9.80 Å². The highest BCUT2D eigenvalue weighted by Crippen LogP contribution is 2.64. The van der Waals surface area contributed by atoms with Gasteiger partial charge in [-0.25, -0.2) is 4.90 Å². The molecule has 2 aliphatic heterocycles. The average molecular weight is 879 g/mol. The first-order valence-corrected chi connectivity index (χ1v) is 22.0. The number of carbonyl (C=O) groups excluding carboxylic acids is 4. The molecule has 1 saturated carbocycles. The number of ether oxygens (including phenoxy) is 2. The standard InChI is InChI=1S/C50H43ClN4O7S/c1-26-36-23-30(51)12-21-41(36)63-45(26)39-25-42(53(3)52-39)55-47(58)38-24-37-34(44(50(38,2)49(55)60)28-10-15-32(56)16-11-28)18-19-35-43(37)48(59)54(46(35)57)31-13-7-27(8-14-31)6-9-29-22-33(61-4)17-20-40(29)62-5/h6-18,20-23,25,35,37-38,43-44,56H,19,24H2,1-5H3. The number of halogens is 1. The Bertz CT molecular complexity index is 2970. The third-order valence-corrected chi connectivity index (χ3v) is 15.3. The summed E-state index contributed by atoms with van der Waals surface area (Å²) in [6.07, 6.45) is 6.39. The summed E-state index contributed by atoms with van der Waals surface area (Å²) in [5.41, 5.74) is 4.15. The van der Waals surface area contributed by atoms with Crippen LogP contribution in [-0.2, 0) is 26.2 Å². The van der Waals surface area contributed by atoms with Crippen LogP contribution in [-0.4, -0.2) is 52.7 Å². The van der Waals surface area contributed by atoms with Crippen molar-refractivity contribution in [2.45, 2.75) is 32.6 Å². The summed E-state index contributed by atoms with van der Waals surface area (Å²) in [5.74, 6) is -2.80. The number of fused-ring (bicyclic) bond motifs is 5. The van der Waals surface area contributed by atoms with Gasteiger partial charge in [-0.1, -0.05) is 59.7 Å². The molecular formula is C50H43ClN4O7S. The summed E-state index contributed by atoms with van der Waals surface area (Å²) in [5, 5.41) is 16.8.